The summed E-state index contributed by atoms with van der Waals surface area (Å²) in [5.74, 6) is -0.264. The molecule has 0 amide bonds. The molecule has 88 valence electrons. The molecule has 0 unspecified atom stereocenters. The van der Waals surface area contributed by atoms with Gasteiger partial charge in [0.15, 0.2) is 0 Å². The number of benzene rings is 1. The zero-order valence-corrected chi connectivity index (χ0v) is 9.08. The molecule has 16 heavy (non-hydrogen) atoms. The van der Waals surface area contributed by atoms with Gasteiger partial charge in [0.1, 0.15) is 11.6 Å². The Morgan fingerprint density at radius 1 is 1.38 bits per heavy atom. The zero-order valence-electron chi connectivity index (χ0n) is 9.08. The van der Waals surface area contributed by atoms with Crippen LogP contribution in [0, 0.1) is 5.82 Å². The summed E-state index contributed by atoms with van der Waals surface area (Å²) >= 11 is 0. The van der Waals surface area contributed by atoms with Crippen LogP contribution in [0.2, 0.25) is 0 Å². The predicted molar refractivity (Wildman–Crippen MR) is 58.2 cm³/mol. The molecule has 1 aliphatic rings. The lowest BCUT2D eigenvalue weighted by Crippen LogP contribution is -2.21. The lowest BCUT2D eigenvalue weighted by molar-refractivity contribution is -0.0246. The van der Waals surface area contributed by atoms with Gasteiger partial charge in [0, 0.05) is 12.1 Å². The molecule has 0 atom stereocenters. The van der Waals surface area contributed by atoms with Crippen LogP contribution in [0.3, 0.4) is 0 Å². The number of hydroxylamine groups is 1. The van der Waals surface area contributed by atoms with E-state index in [2.05, 4.69) is 5.48 Å². The molecule has 0 aliphatic heterocycles. The highest BCUT2D eigenvalue weighted by Gasteiger charge is 2.15. The predicted octanol–water partition coefficient (Wildman–Crippen LogP) is 2.50. The molecule has 0 aromatic heterocycles. The van der Waals surface area contributed by atoms with Crippen molar-refractivity contribution in [3.05, 3.63) is 29.6 Å². The Morgan fingerprint density at radius 2 is 2.12 bits per heavy atom. The Bertz CT molecular complexity index is 351. The third kappa shape index (κ3) is 2.93. The highest BCUT2D eigenvalue weighted by Crippen LogP contribution is 2.21. The summed E-state index contributed by atoms with van der Waals surface area (Å²) < 4.78 is 12.9. The summed E-state index contributed by atoms with van der Waals surface area (Å²) in [6.07, 6.45) is 4.81. The van der Waals surface area contributed by atoms with Crippen molar-refractivity contribution in [1.29, 1.82) is 0 Å². The maximum absolute atomic E-state index is 12.9. The van der Waals surface area contributed by atoms with E-state index in [0.717, 1.165) is 12.8 Å². The van der Waals surface area contributed by atoms with Gasteiger partial charge in [-0.2, -0.15) is 5.48 Å². The number of nitrogens with one attached hydrogen (secondary N) is 1. The molecule has 0 radical (unpaired) electrons. The minimum Gasteiger partial charge on any atom is -0.508 e. The van der Waals surface area contributed by atoms with E-state index in [1.165, 1.54) is 31.0 Å². The topological polar surface area (TPSA) is 41.5 Å². The van der Waals surface area contributed by atoms with Gasteiger partial charge in [-0.3, -0.25) is 4.84 Å². The largest absolute Gasteiger partial charge is 0.508 e. The average Bonchev–Trinajstić information content (AvgIpc) is 2.76. The van der Waals surface area contributed by atoms with Crippen LogP contribution >= 0.6 is 0 Å². The van der Waals surface area contributed by atoms with Crippen LogP contribution in [0.4, 0.5) is 4.39 Å². The van der Waals surface area contributed by atoms with Gasteiger partial charge in [0.2, 0.25) is 0 Å². The molecular weight excluding hydrogens is 209 g/mol. The van der Waals surface area contributed by atoms with Crippen LogP contribution in [-0.2, 0) is 11.4 Å². The smallest absolute Gasteiger partial charge is 0.123 e. The van der Waals surface area contributed by atoms with Crippen LogP contribution in [0.1, 0.15) is 31.2 Å². The molecule has 2 N–H and O–H groups in total. The fourth-order valence-corrected chi connectivity index (χ4v) is 1.94. The van der Waals surface area contributed by atoms with Crippen molar-refractivity contribution >= 4 is 0 Å². The van der Waals surface area contributed by atoms with Crippen molar-refractivity contribution in [1.82, 2.24) is 5.48 Å². The maximum atomic E-state index is 12.9. The summed E-state index contributed by atoms with van der Waals surface area (Å²) in [5.41, 5.74) is 3.30. The van der Waals surface area contributed by atoms with Crippen molar-refractivity contribution in [3.63, 3.8) is 0 Å². The monoisotopic (exact) mass is 225 g/mol. The lowest BCUT2D eigenvalue weighted by atomic mass is 10.2. The van der Waals surface area contributed by atoms with Gasteiger partial charge in [0.05, 0.1) is 6.10 Å². The van der Waals surface area contributed by atoms with E-state index in [1.807, 2.05) is 0 Å². The Hall–Kier alpha value is -1.13. The molecule has 0 saturated heterocycles. The second-order valence-corrected chi connectivity index (χ2v) is 4.12. The minimum absolute atomic E-state index is 0.0870. The molecule has 0 heterocycles. The fourth-order valence-electron chi connectivity index (χ4n) is 1.94. The first-order valence-electron chi connectivity index (χ1n) is 5.61. The zero-order chi connectivity index (χ0) is 11.4. The average molecular weight is 225 g/mol. The molecule has 3 nitrogen and oxygen atoms in total. The molecule has 0 bridgehead atoms. The first-order valence-corrected chi connectivity index (χ1v) is 5.61. The van der Waals surface area contributed by atoms with E-state index in [4.69, 9.17) is 4.84 Å². The molecule has 1 fully saturated rings. The van der Waals surface area contributed by atoms with E-state index in [1.54, 1.807) is 0 Å². The van der Waals surface area contributed by atoms with Gasteiger partial charge in [-0.25, -0.2) is 4.39 Å². The van der Waals surface area contributed by atoms with Crippen molar-refractivity contribution in [2.75, 3.05) is 0 Å². The quantitative estimate of drug-likeness (QED) is 0.773. The van der Waals surface area contributed by atoms with Gasteiger partial charge in [-0.15, -0.1) is 0 Å². The SMILES string of the molecule is Oc1ccc(F)cc1CNOC1CCCC1. The number of rotatable bonds is 4. The van der Waals surface area contributed by atoms with Gasteiger partial charge >= 0.3 is 0 Å². The summed E-state index contributed by atoms with van der Waals surface area (Å²) in [6.45, 7) is 0.320. The van der Waals surface area contributed by atoms with Crippen LogP contribution in [0.5, 0.6) is 5.75 Å². The number of halogens is 1. The highest BCUT2D eigenvalue weighted by molar-refractivity contribution is 5.32. The van der Waals surface area contributed by atoms with Crippen molar-refractivity contribution < 1.29 is 14.3 Å². The first kappa shape index (κ1) is 11.4. The normalized spacial score (nSPS) is 16.8. The minimum atomic E-state index is -0.351. The molecule has 1 aromatic carbocycles. The molecule has 1 saturated carbocycles. The molecule has 4 heteroatoms. The second kappa shape index (κ2) is 5.27. The number of hydrogen-bond acceptors (Lipinski definition) is 3. The Kier molecular flexibility index (Phi) is 3.74. The summed E-state index contributed by atoms with van der Waals surface area (Å²) in [5, 5.41) is 9.46. The number of phenolic OH excluding ortho intramolecular Hbond substituents is 1. The summed E-state index contributed by atoms with van der Waals surface area (Å²) in [4.78, 5) is 5.42. The van der Waals surface area contributed by atoms with E-state index >= 15 is 0 Å². The third-order valence-corrected chi connectivity index (χ3v) is 2.86. The van der Waals surface area contributed by atoms with Gasteiger partial charge in [-0.1, -0.05) is 12.8 Å². The van der Waals surface area contributed by atoms with Crippen LogP contribution in [-0.4, -0.2) is 11.2 Å². The molecular formula is C12H16FNO2. The standard InChI is InChI=1S/C12H16FNO2/c13-10-5-6-12(15)9(7-10)8-14-16-11-3-1-2-4-11/h5-7,11,14-15H,1-4,8H2. The molecule has 1 aliphatic carbocycles. The number of phenols is 1. The van der Waals surface area contributed by atoms with Crippen molar-refractivity contribution in [2.45, 2.75) is 38.3 Å². The summed E-state index contributed by atoms with van der Waals surface area (Å²) in [6, 6.07) is 3.89. The summed E-state index contributed by atoms with van der Waals surface area (Å²) in [7, 11) is 0. The molecule has 2 rings (SSSR count). The molecule has 1 aromatic rings. The first-order chi connectivity index (χ1) is 7.75. The van der Waals surface area contributed by atoms with Crippen LogP contribution in [0.25, 0.3) is 0 Å². The molecule has 0 spiro atoms. The lowest BCUT2D eigenvalue weighted by Gasteiger charge is -2.12. The Labute approximate surface area is 94.2 Å². The van der Waals surface area contributed by atoms with E-state index in [-0.39, 0.29) is 17.7 Å². The Balaban J connectivity index is 1.82. The third-order valence-electron chi connectivity index (χ3n) is 2.86. The van der Waals surface area contributed by atoms with Gasteiger partial charge in [-0.05, 0) is 31.0 Å². The van der Waals surface area contributed by atoms with Crippen LogP contribution < -0.4 is 5.48 Å². The van der Waals surface area contributed by atoms with E-state index < -0.39 is 0 Å². The number of hydrogen-bond donors (Lipinski definition) is 2. The second-order valence-electron chi connectivity index (χ2n) is 4.12. The maximum Gasteiger partial charge on any atom is 0.123 e. The fraction of sp³-hybridized carbons (Fsp3) is 0.500. The van der Waals surface area contributed by atoms with Gasteiger partial charge in [0.25, 0.3) is 0 Å². The highest BCUT2D eigenvalue weighted by atomic mass is 19.1. The van der Waals surface area contributed by atoms with Crippen molar-refractivity contribution in [3.8, 4) is 5.75 Å². The van der Waals surface area contributed by atoms with Crippen LogP contribution in [0.15, 0.2) is 18.2 Å². The van der Waals surface area contributed by atoms with Gasteiger partial charge < -0.3 is 5.11 Å². The van der Waals surface area contributed by atoms with E-state index in [0.29, 0.717) is 12.1 Å². The van der Waals surface area contributed by atoms with E-state index in [9.17, 15) is 9.50 Å². The Morgan fingerprint density at radius 3 is 2.88 bits per heavy atom. The number of aromatic hydroxyl groups is 1. The van der Waals surface area contributed by atoms with Crippen molar-refractivity contribution in [2.24, 2.45) is 0 Å².